The number of allylic oxidation sites excluding steroid dienone is 1. The van der Waals surface area contributed by atoms with Gasteiger partial charge in [-0.25, -0.2) is 22.4 Å². The highest BCUT2D eigenvalue weighted by molar-refractivity contribution is 6.14. The summed E-state index contributed by atoms with van der Waals surface area (Å²) in [5.74, 6) is -7.94. The minimum absolute atomic E-state index is 0.0176. The fourth-order valence-electron chi connectivity index (χ4n) is 3.99. The molecule has 0 amide bonds. The van der Waals surface area contributed by atoms with E-state index >= 15 is 0 Å². The Morgan fingerprint density at radius 1 is 0.639 bits per heavy atom. The summed E-state index contributed by atoms with van der Waals surface area (Å²) in [7, 11) is 0. The molecule has 36 heavy (non-hydrogen) atoms. The van der Waals surface area contributed by atoms with Crippen molar-refractivity contribution in [3.05, 3.63) is 110 Å². The number of fused-ring (bicyclic) bond motifs is 3. The van der Waals surface area contributed by atoms with Crippen molar-refractivity contribution in [2.45, 2.75) is 0 Å². The Hall–Kier alpha value is -5.94. The molecular weight excluding hydrogens is 472 g/mol. The summed E-state index contributed by atoms with van der Waals surface area (Å²) in [6.07, 6.45) is 0. The zero-order valence-corrected chi connectivity index (χ0v) is 17.5. The first kappa shape index (κ1) is 23.2. The molecule has 0 N–H and O–H groups in total. The second-order valence-corrected chi connectivity index (χ2v) is 7.23. The first-order valence-electron chi connectivity index (χ1n) is 9.58. The highest BCUT2D eigenvalue weighted by Gasteiger charge is 2.34. The van der Waals surface area contributed by atoms with Crippen LogP contribution in [-0.4, -0.2) is 0 Å². The fourth-order valence-corrected chi connectivity index (χ4v) is 3.99. The Morgan fingerprint density at radius 2 is 1.08 bits per heavy atom. The molecule has 0 spiro atoms. The van der Waals surface area contributed by atoms with Crippen LogP contribution in [0.3, 0.4) is 0 Å². The number of hydrogen-bond acceptors (Lipinski definition) is 3. The van der Waals surface area contributed by atoms with Crippen molar-refractivity contribution in [1.29, 1.82) is 15.8 Å². The Morgan fingerprint density at radius 3 is 1.53 bits per heavy atom. The standard InChI is InChI=1S/C26H4F4N6/c1-34-18-6-14-13-4-11(8-31)12(9-32)5-15(13)20(16(14)7-19(18)35-2)17(10-33)21-22(27)24(29)26(36-3)25(30)23(21)28/h4-7H/b20-17-. The second-order valence-electron chi connectivity index (χ2n) is 7.23. The van der Waals surface area contributed by atoms with Gasteiger partial charge < -0.3 is 0 Å². The Balaban J connectivity index is 2.28. The zero-order valence-electron chi connectivity index (χ0n) is 17.5. The SMILES string of the molecule is [C-]#[N+]c1cc2c(cc1[N+]#[C-])-c1cc(C#N)c(C#N)cc1/C2=C(\C#N)c1c(F)c(F)c([N+]#[C-])c(F)c1F. The lowest BCUT2D eigenvalue weighted by atomic mass is 9.91. The maximum atomic E-state index is 15.0. The number of hydrogen-bond donors (Lipinski definition) is 0. The smallest absolute Gasteiger partial charge is 0.250 e. The van der Waals surface area contributed by atoms with Crippen molar-refractivity contribution in [3.63, 3.8) is 0 Å². The molecule has 0 bridgehead atoms. The molecule has 10 heteroatoms. The summed E-state index contributed by atoms with van der Waals surface area (Å²) in [6.45, 7) is 21.5. The first-order chi connectivity index (χ1) is 17.3. The molecule has 0 saturated carbocycles. The minimum atomic E-state index is -1.99. The van der Waals surface area contributed by atoms with Crippen LogP contribution < -0.4 is 0 Å². The maximum Gasteiger partial charge on any atom is 0.262 e. The van der Waals surface area contributed by atoms with E-state index in [1.165, 1.54) is 24.3 Å². The van der Waals surface area contributed by atoms with Crippen LogP contribution in [0.25, 0.3) is 36.8 Å². The molecule has 3 aromatic rings. The van der Waals surface area contributed by atoms with Gasteiger partial charge in [-0.3, -0.25) is 9.69 Å². The largest absolute Gasteiger partial charge is 0.262 e. The Bertz CT molecular complexity index is 1730. The quantitative estimate of drug-likeness (QED) is 0.127. The highest BCUT2D eigenvalue weighted by Crippen LogP contribution is 2.52. The monoisotopic (exact) mass is 476 g/mol. The van der Waals surface area contributed by atoms with Gasteiger partial charge in [-0.2, -0.15) is 15.8 Å². The number of halogens is 4. The molecule has 1 aliphatic carbocycles. The summed E-state index contributed by atoms with van der Waals surface area (Å²) in [5, 5.41) is 28.8. The third-order valence-corrected chi connectivity index (χ3v) is 5.55. The van der Waals surface area contributed by atoms with E-state index in [-0.39, 0.29) is 50.3 Å². The van der Waals surface area contributed by atoms with E-state index in [1.807, 2.05) is 6.07 Å². The molecule has 166 valence electrons. The van der Waals surface area contributed by atoms with Gasteiger partial charge in [0.2, 0.25) is 0 Å². The summed E-state index contributed by atoms with van der Waals surface area (Å²) in [6, 6.07) is 10.1. The van der Waals surface area contributed by atoms with Crippen LogP contribution in [0.4, 0.5) is 34.6 Å². The molecule has 1 aliphatic rings. The molecule has 0 radical (unpaired) electrons. The van der Waals surface area contributed by atoms with Gasteiger partial charge in [0.25, 0.3) is 5.69 Å². The minimum Gasteiger partial charge on any atom is -0.250 e. The molecule has 0 aliphatic heterocycles. The van der Waals surface area contributed by atoms with Crippen molar-refractivity contribution in [1.82, 2.24) is 0 Å². The lowest BCUT2D eigenvalue weighted by Gasteiger charge is -2.12. The van der Waals surface area contributed by atoms with Gasteiger partial charge >= 0.3 is 0 Å². The van der Waals surface area contributed by atoms with Crippen LogP contribution in [0, 0.1) is 77.0 Å². The molecule has 0 fully saturated rings. The van der Waals surface area contributed by atoms with Crippen molar-refractivity contribution in [3.8, 4) is 29.3 Å². The third-order valence-electron chi connectivity index (χ3n) is 5.55. The van der Waals surface area contributed by atoms with Crippen molar-refractivity contribution >= 4 is 28.2 Å². The van der Waals surface area contributed by atoms with Gasteiger partial charge in [-0.1, -0.05) is 12.1 Å². The van der Waals surface area contributed by atoms with E-state index in [1.54, 1.807) is 12.1 Å². The molecule has 4 rings (SSSR count). The lowest BCUT2D eigenvalue weighted by molar-refractivity contribution is 0.457. The molecule has 0 saturated heterocycles. The van der Waals surface area contributed by atoms with Gasteiger partial charge in [0.1, 0.15) is 18.2 Å². The molecule has 6 nitrogen and oxygen atoms in total. The lowest BCUT2D eigenvalue weighted by Crippen LogP contribution is -2.04. The number of nitriles is 3. The van der Waals surface area contributed by atoms with Crippen LogP contribution in [0.5, 0.6) is 0 Å². The molecule has 0 unspecified atom stereocenters. The summed E-state index contributed by atoms with van der Waals surface area (Å²) in [5.41, 5.74) is -4.10. The summed E-state index contributed by atoms with van der Waals surface area (Å²) >= 11 is 0. The predicted octanol–water partition coefficient (Wildman–Crippen LogP) is 7.10. The summed E-state index contributed by atoms with van der Waals surface area (Å²) < 4.78 is 58.8. The van der Waals surface area contributed by atoms with E-state index < -0.39 is 40.1 Å². The second kappa shape index (κ2) is 8.44. The Labute approximate surface area is 200 Å². The molecule has 0 heterocycles. The number of nitrogens with zero attached hydrogens (tertiary/aromatic N) is 6. The zero-order chi connectivity index (χ0) is 26.3. The van der Waals surface area contributed by atoms with Crippen LogP contribution in [-0.2, 0) is 0 Å². The Kier molecular flexibility index (Phi) is 5.45. The maximum absolute atomic E-state index is 15.0. The van der Waals surface area contributed by atoms with Gasteiger partial charge in [0.05, 0.1) is 42.0 Å². The topological polar surface area (TPSA) is 84.5 Å². The van der Waals surface area contributed by atoms with Gasteiger partial charge in [-0.15, -0.1) is 0 Å². The van der Waals surface area contributed by atoms with Crippen molar-refractivity contribution < 1.29 is 17.6 Å². The average Bonchev–Trinajstić information content (AvgIpc) is 3.20. The third kappa shape index (κ3) is 3.05. The number of benzene rings is 3. The fraction of sp³-hybridized carbons (Fsp3) is 0. The van der Waals surface area contributed by atoms with E-state index in [4.69, 9.17) is 19.7 Å². The van der Waals surface area contributed by atoms with Gasteiger partial charge in [0, 0.05) is 5.57 Å². The van der Waals surface area contributed by atoms with E-state index in [0.717, 1.165) is 0 Å². The molecular formula is C26H4F4N6. The van der Waals surface area contributed by atoms with Crippen LogP contribution in [0.2, 0.25) is 0 Å². The number of rotatable bonds is 1. The molecule has 3 aromatic carbocycles. The van der Waals surface area contributed by atoms with Crippen molar-refractivity contribution in [2.24, 2.45) is 0 Å². The predicted molar refractivity (Wildman–Crippen MR) is 118 cm³/mol. The first-order valence-corrected chi connectivity index (χ1v) is 9.58. The van der Waals surface area contributed by atoms with Crippen LogP contribution in [0.1, 0.15) is 27.8 Å². The van der Waals surface area contributed by atoms with Crippen molar-refractivity contribution in [2.75, 3.05) is 0 Å². The van der Waals surface area contributed by atoms with E-state index in [9.17, 15) is 33.3 Å². The van der Waals surface area contributed by atoms with Gasteiger partial charge in [0.15, 0.2) is 34.6 Å². The van der Waals surface area contributed by atoms with E-state index in [2.05, 4.69) is 14.5 Å². The summed E-state index contributed by atoms with van der Waals surface area (Å²) in [4.78, 5) is 8.99. The van der Waals surface area contributed by atoms with Crippen LogP contribution >= 0.6 is 0 Å². The van der Waals surface area contributed by atoms with Gasteiger partial charge in [-0.05, 0) is 34.4 Å². The normalized spacial score (nSPS) is 12.1. The van der Waals surface area contributed by atoms with Crippen LogP contribution in [0.15, 0.2) is 24.3 Å². The average molecular weight is 476 g/mol. The van der Waals surface area contributed by atoms with E-state index in [0.29, 0.717) is 0 Å². The molecule has 0 atom stereocenters. The highest BCUT2D eigenvalue weighted by atomic mass is 19.2. The molecule has 0 aromatic heterocycles.